The van der Waals surface area contributed by atoms with E-state index in [2.05, 4.69) is 46.8 Å². The van der Waals surface area contributed by atoms with E-state index in [-0.39, 0.29) is 0 Å². The minimum absolute atomic E-state index is 0.308. The normalized spacial score (nSPS) is 55.3. The SMILES string of the molecule is CC1(C)C=CCC2(C)C1CCC1(C)C2CCC2C3CCCC3(C(=O)O)CCC21C. The quantitative estimate of drug-likeness (QED) is 0.479. The summed E-state index contributed by atoms with van der Waals surface area (Å²) in [4.78, 5) is 12.4. The van der Waals surface area contributed by atoms with Crippen LogP contribution < -0.4 is 0 Å². The summed E-state index contributed by atoms with van der Waals surface area (Å²) in [5, 5.41) is 10.2. The average Bonchev–Trinajstić information content (AvgIpc) is 3.07. The first-order chi connectivity index (χ1) is 13.5. The van der Waals surface area contributed by atoms with E-state index in [4.69, 9.17) is 0 Å². The largest absolute Gasteiger partial charge is 0.481 e. The summed E-state index contributed by atoms with van der Waals surface area (Å²) in [5.74, 6) is 2.11. The lowest BCUT2D eigenvalue weighted by Crippen LogP contribution is -2.65. The molecule has 0 aliphatic heterocycles. The van der Waals surface area contributed by atoms with Crippen molar-refractivity contribution in [3.8, 4) is 0 Å². The van der Waals surface area contributed by atoms with Gasteiger partial charge >= 0.3 is 5.97 Å². The summed E-state index contributed by atoms with van der Waals surface area (Å²) in [6.45, 7) is 12.8. The van der Waals surface area contributed by atoms with Gasteiger partial charge in [0, 0.05) is 0 Å². The van der Waals surface area contributed by atoms with E-state index < -0.39 is 11.4 Å². The second-order valence-corrected chi connectivity index (χ2v) is 13.1. The summed E-state index contributed by atoms with van der Waals surface area (Å²) < 4.78 is 0. The lowest BCUT2D eigenvalue weighted by atomic mass is 9.33. The molecule has 8 unspecified atom stereocenters. The maximum atomic E-state index is 12.4. The molecule has 29 heavy (non-hydrogen) atoms. The first-order valence-electron chi connectivity index (χ1n) is 12.4. The van der Waals surface area contributed by atoms with E-state index in [1.165, 1.54) is 32.1 Å². The van der Waals surface area contributed by atoms with Crippen LogP contribution in [0.1, 0.15) is 98.8 Å². The van der Waals surface area contributed by atoms with E-state index in [1.807, 2.05) is 0 Å². The molecule has 0 heterocycles. The molecule has 0 aromatic heterocycles. The van der Waals surface area contributed by atoms with Gasteiger partial charge in [-0.3, -0.25) is 4.79 Å². The molecule has 4 saturated carbocycles. The minimum Gasteiger partial charge on any atom is -0.481 e. The predicted octanol–water partition coefficient (Wildman–Crippen LogP) is 7.09. The number of hydrogen-bond donors (Lipinski definition) is 1. The van der Waals surface area contributed by atoms with Crippen molar-refractivity contribution in [3.05, 3.63) is 12.2 Å². The van der Waals surface area contributed by atoms with Crippen molar-refractivity contribution in [2.75, 3.05) is 0 Å². The molecule has 0 aromatic rings. The molecule has 5 rings (SSSR count). The Labute approximate surface area is 177 Å². The van der Waals surface area contributed by atoms with Crippen molar-refractivity contribution in [2.45, 2.75) is 98.8 Å². The third-order valence-electron chi connectivity index (χ3n) is 12.1. The van der Waals surface area contributed by atoms with Gasteiger partial charge in [-0.1, -0.05) is 53.2 Å². The lowest BCUT2D eigenvalue weighted by Gasteiger charge is -2.71. The van der Waals surface area contributed by atoms with Gasteiger partial charge in [-0.25, -0.2) is 0 Å². The van der Waals surface area contributed by atoms with Gasteiger partial charge in [0.25, 0.3) is 0 Å². The number of carboxylic acids is 1. The zero-order valence-electron chi connectivity index (χ0n) is 19.4. The molecule has 0 saturated heterocycles. The standard InChI is InChI=1S/C27H42O2/c1-23(2)12-7-13-24(3)20(23)11-15-26(5)21(24)10-9-18-19-8-6-14-27(19,22(28)29)17-16-25(18,26)4/h7,12,18-21H,6,8-11,13-17H2,1-5H3,(H,28,29). The molecule has 0 radical (unpaired) electrons. The van der Waals surface area contributed by atoms with Crippen LogP contribution >= 0.6 is 0 Å². The lowest BCUT2D eigenvalue weighted by molar-refractivity contribution is -0.226. The molecule has 162 valence electrons. The second-order valence-electron chi connectivity index (χ2n) is 13.1. The van der Waals surface area contributed by atoms with Gasteiger partial charge < -0.3 is 5.11 Å². The van der Waals surface area contributed by atoms with Crippen molar-refractivity contribution in [1.82, 2.24) is 0 Å². The van der Waals surface area contributed by atoms with Crippen LogP contribution in [0.15, 0.2) is 12.2 Å². The van der Waals surface area contributed by atoms with Crippen molar-refractivity contribution < 1.29 is 9.90 Å². The van der Waals surface area contributed by atoms with E-state index in [0.29, 0.717) is 33.5 Å². The molecule has 0 spiro atoms. The summed E-state index contributed by atoms with van der Waals surface area (Å²) in [6.07, 6.45) is 16.8. The van der Waals surface area contributed by atoms with E-state index in [1.54, 1.807) is 0 Å². The van der Waals surface area contributed by atoms with Crippen LogP contribution in [0.3, 0.4) is 0 Å². The molecule has 2 heteroatoms. The van der Waals surface area contributed by atoms with Crippen LogP contribution in [0.5, 0.6) is 0 Å². The van der Waals surface area contributed by atoms with Gasteiger partial charge in [0.2, 0.25) is 0 Å². The number of fused-ring (bicyclic) bond motifs is 7. The third kappa shape index (κ3) is 2.27. The van der Waals surface area contributed by atoms with Crippen molar-refractivity contribution in [1.29, 1.82) is 0 Å². The average molecular weight is 399 g/mol. The molecule has 4 fully saturated rings. The third-order valence-corrected chi connectivity index (χ3v) is 12.1. The molecular weight excluding hydrogens is 356 g/mol. The van der Waals surface area contributed by atoms with Gasteiger partial charge in [0.05, 0.1) is 5.41 Å². The highest BCUT2D eigenvalue weighted by Crippen LogP contribution is 2.76. The number of allylic oxidation sites excluding steroid dienone is 2. The fraction of sp³-hybridized carbons (Fsp3) is 0.889. The maximum Gasteiger partial charge on any atom is 0.309 e. The summed E-state index contributed by atoms with van der Waals surface area (Å²) >= 11 is 0. The molecule has 8 atom stereocenters. The fourth-order valence-electron chi connectivity index (χ4n) is 10.5. The van der Waals surface area contributed by atoms with Crippen molar-refractivity contribution in [2.24, 2.45) is 50.7 Å². The summed E-state index contributed by atoms with van der Waals surface area (Å²) in [7, 11) is 0. The van der Waals surface area contributed by atoms with Crippen LogP contribution in [0, 0.1) is 50.7 Å². The molecule has 0 amide bonds. The van der Waals surface area contributed by atoms with Crippen LogP contribution in [0.2, 0.25) is 0 Å². The molecule has 5 aliphatic carbocycles. The Morgan fingerprint density at radius 1 is 0.828 bits per heavy atom. The maximum absolute atomic E-state index is 12.4. The van der Waals surface area contributed by atoms with Crippen LogP contribution in [-0.4, -0.2) is 11.1 Å². The number of carbonyl (C=O) groups is 1. The van der Waals surface area contributed by atoms with E-state index >= 15 is 0 Å². The van der Waals surface area contributed by atoms with Crippen molar-refractivity contribution in [3.63, 3.8) is 0 Å². The molecule has 0 aromatic carbocycles. The Morgan fingerprint density at radius 2 is 1.59 bits per heavy atom. The number of rotatable bonds is 1. The molecule has 0 bridgehead atoms. The monoisotopic (exact) mass is 398 g/mol. The highest BCUT2D eigenvalue weighted by Gasteiger charge is 2.69. The summed E-state index contributed by atoms with van der Waals surface area (Å²) in [5.41, 5.74) is 0.974. The van der Waals surface area contributed by atoms with Crippen molar-refractivity contribution >= 4 is 5.97 Å². The van der Waals surface area contributed by atoms with Gasteiger partial charge in [-0.2, -0.15) is 0 Å². The van der Waals surface area contributed by atoms with Gasteiger partial charge in [-0.05, 0) is 103 Å². The zero-order chi connectivity index (χ0) is 20.9. The Bertz CT molecular complexity index is 752. The van der Waals surface area contributed by atoms with Gasteiger partial charge in [0.15, 0.2) is 0 Å². The zero-order valence-corrected chi connectivity index (χ0v) is 19.4. The van der Waals surface area contributed by atoms with Crippen LogP contribution in [-0.2, 0) is 4.79 Å². The summed E-state index contributed by atoms with van der Waals surface area (Å²) in [6, 6.07) is 0. The highest BCUT2D eigenvalue weighted by molar-refractivity contribution is 5.76. The number of hydrogen-bond acceptors (Lipinski definition) is 1. The Morgan fingerprint density at radius 3 is 2.31 bits per heavy atom. The molecule has 1 N–H and O–H groups in total. The van der Waals surface area contributed by atoms with Gasteiger partial charge in [-0.15, -0.1) is 0 Å². The first kappa shape index (κ1) is 20.1. The molecule has 5 aliphatic rings. The molecular formula is C27H42O2. The smallest absolute Gasteiger partial charge is 0.309 e. The number of carboxylic acid groups (broad SMARTS) is 1. The van der Waals surface area contributed by atoms with E-state index in [0.717, 1.165) is 43.9 Å². The molecule has 2 nitrogen and oxygen atoms in total. The van der Waals surface area contributed by atoms with Gasteiger partial charge in [0.1, 0.15) is 0 Å². The Balaban J connectivity index is 1.55. The van der Waals surface area contributed by atoms with Crippen LogP contribution in [0.25, 0.3) is 0 Å². The predicted molar refractivity (Wildman–Crippen MR) is 117 cm³/mol. The van der Waals surface area contributed by atoms with E-state index in [9.17, 15) is 9.90 Å². The fourth-order valence-corrected chi connectivity index (χ4v) is 10.5. The second kappa shape index (κ2) is 5.92. The number of aliphatic carboxylic acids is 1. The Hall–Kier alpha value is -0.790. The minimum atomic E-state index is -0.482. The first-order valence-corrected chi connectivity index (χ1v) is 12.4. The van der Waals surface area contributed by atoms with Crippen LogP contribution in [0.4, 0.5) is 0 Å². The topological polar surface area (TPSA) is 37.3 Å². The highest BCUT2D eigenvalue weighted by atomic mass is 16.4. The Kier molecular flexibility index (Phi) is 4.11.